The van der Waals surface area contributed by atoms with Crippen LogP contribution in [-0.2, 0) is 0 Å². The molecule has 6 heavy (non-hydrogen) atoms. The first-order valence-electron chi connectivity index (χ1n) is 1.60. The third kappa shape index (κ3) is 1.87. The van der Waals surface area contributed by atoms with E-state index in [4.69, 9.17) is 0 Å². The van der Waals surface area contributed by atoms with E-state index in [0.29, 0.717) is 0 Å². The van der Waals surface area contributed by atoms with Gasteiger partial charge in [-0.2, -0.15) is 0 Å². The van der Waals surface area contributed by atoms with Gasteiger partial charge in [0.1, 0.15) is 0 Å². The number of hydrogen-bond donors (Lipinski definition) is 0. The molecular weight excluding hydrogens is 155 g/mol. The predicted octanol–water partition coefficient (Wildman–Crippen LogP) is -0.690. The van der Waals surface area contributed by atoms with Gasteiger partial charge in [0, 0.05) is 12.3 Å². The van der Waals surface area contributed by atoms with Gasteiger partial charge in [-0.25, -0.2) is 0 Å². The average molecular weight is 164 g/mol. The van der Waals surface area contributed by atoms with Crippen LogP contribution in [0.15, 0.2) is 4.99 Å². The summed E-state index contributed by atoms with van der Waals surface area (Å²) in [6.07, 6.45) is 0. The zero-order valence-electron chi connectivity index (χ0n) is 2.85. The molecule has 0 fully saturated rings. The van der Waals surface area contributed by atoms with Crippen LogP contribution < -0.4 is 0 Å². The van der Waals surface area contributed by atoms with Gasteiger partial charge in [0.2, 0.25) is 0 Å². The van der Waals surface area contributed by atoms with Gasteiger partial charge in [0.15, 0.2) is 0 Å². The Hall–Kier alpha value is 0.563. The maximum atomic E-state index is 3.92. The van der Waals surface area contributed by atoms with Crippen molar-refractivity contribution in [2.45, 2.75) is 0 Å². The summed E-state index contributed by atoms with van der Waals surface area (Å²) in [5.74, 6) is 1.19. The summed E-state index contributed by atoms with van der Waals surface area (Å²) in [5.41, 5.74) is 1.90. The first-order valence-corrected chi connectivity index (χ1v) is 2.65. The van der Waals surface area contributed by atoms with Crippen molar-refractivity contribution in [3.05, 3.63) is 0 Å². The van der Waals surface area contributed by atoms with Crippen molar-refractivity contribution >= 4 is 34.9 Å². The third-order valence-corrected chi connectivity index (χ3v) is 1.20. The van der Waals surface area contributed by atoms with Gasteiger partial charge in [-0.05, 0) is 0 Å². The van der Waals surface area contributed by atoms with E-state index in [1.54, 1.807) is 11.8 Å². The molecule has 0 N–H and O–H groups in total. The van der Waals surface area contributed by atoms with E-state index in [9.17, 15) is 0 Å². The Balaban J connectivity index is 0.000000250. The van der Waals surface area contributed by atoms with Crippen molar-refractivity contribution in [2.24, 2.45) is 4.99 Å². The van der Waals surface area contributed by atoms with Crippen LogP contribution in [0, 0.1) is 0 Å². The molecule has 36 valence electrons. The summed E-state index contributed by atoms with van der Waals surface area (Å²) in [4.78, 5) is 3.92. The van der Waals surface area contributed by atoms with Crippen molar-refractivity contribution in [1.29, 1.82) is 0 Å². The number of thioether (sulfide) groups is 1. The number of hydrogen-bond acceptors (Lipinski definition) is 2. The van der Waals surface area contributed by atoms with Gasteiger partial charge in [-0.3, -0.25) is 4.99 Å². The van der Waals surface area contributed by atoms with Gasteiger partial charge in [0.25, 0.3) is 0 Å². The third-order valence-electron chi connectivity index (χ3n) is 0.487. The SMILES string of the molecule is C1=NCCS1.[GeH4]. The van der Waals surface area contributed by atoms with Gasteiger partial charge in [-0.1, -0.05) is 0 Å². The zero-order valence-corrected chi connectivity index (χ0v) is 3.66. The second-order valence-corrected chi connectivity index (χ2v) is 1.83. The van der Waals surface area contributed by atoms with Crippen LogP contribution in [0.1, 0.15) is 0 Å². The predicted molar refractivity (Wildman–Crippen MR) is 37.2 cm³/mol. The van der Waals surface area contributed by atoms with Gasteiger partial charge < -0.3 is 0 Å². The van der Waals surface area contributed by atoms with Crippen molar-refractivity contribution in [1.82, 2.24) is 0 Å². The molecule has 0 radical (unpaired) electrons. The summed E-state index contributed by atoms with van der Waals surface area (Å²) in [5, 5.41) is 0. The van der Waals surface area contributed by atoms with Crippen molar-refractivity contribution in [3.8, 4) is 0 Å². The monoisotopic (exact) mass is 165 g/mol. The molecule has 1 nitrogen and oxygen atoms in total. The maximum absolute atomic E-state index is 3.92. The zero-order chi connectivity index (χ0) is 3.54. The second-order valence-electron chi connectivity index (χ2n) is 0.882. The molecule has 0 spiro atoms. The van der Waals surface area contributed by atoms with E-state index in [1.165, 1.54) is 5.75 Å². The minimum atomic E-state index is 0. The van der Waals surface area contributed by atoms with Crippen molar-refractivity contribution in [2.75, 3.05) is 12.3 Å². The molecule has 0 amide bonds. The summed E-state index contributed by atoms with van der Waals surface area (Å²) in [6, 6.07) is 0. The van der Waals surface area contributed by atoms with Crippen LogP contribution in [0.25, 0.3) is 0 Å². The van der Waals surface area contributed by atoms with E-state index in [0.717, 1.165) is 6.54 Å². The van der Waals surface area contributed by atoms with Gasteiger partial charge in [0.05, 0.1) is 5.55 Å². The molecule has 1 aliphatic rings. The first kappa shape index (κ1) is 6.56. The standard InChI is InChI=1S/C3H5NS.GeH4/c1-2-5-3-4-1;/h3H,1-2H2;1H4. The molecule has 3 heteroatoms. The molecule has 1 heterocycles. The van der Waals surface area contributed by atoms with Crippen LogP contribution in [0.5, 0.6) is 0 Å². The Morgan fingerprint density at radius 2 is 2.50 bits per heavy atom. The molecular formula is C3H9GeNS. The fraction of sp³-hybridized carbons (Fsp3) is 0.667. The fourth-order valence-corrected chi connectivity index (χ4v) is 0.791. The molecule has 0 aliphatic carbocycles. The van der Waals surface area contributed by atoms with Crippen LogP contribution in [0.2, 0.25) is 0 Å². The average Bonchev–Trinajstić information content (AvgIpc) is 1.76. The normalized spacial score (nSPS) is 17.3. The molecule has 0 aromatic carbocycles. The van der Waals surface area contributed by atoms with Gasteiger partial charge >= 0.3 is 17.6 Å². The summed E-state index contributed by atoms with van der Waals surface area (Å²) < 4.78 is 0. The molecule has 1 aliphatic heterocycles. The first-order chi connectivity index (χ1) is 2.50. The second kappa shape index (κ2) is 3.74. The van der Waals surface area contributed by atoms with E-state index >= 15 is 0 Å². The Kier molecular flexibility index (Phi) is 4.09. The molecule has 0 aromatic rings. The fourth-order valence-electron chi connectivity index (χ4n) is 0.264. The van der Waals surface area contributed by atoms with Crippen LogP contribution in [0.3, 0.4) is 0 Å². The Bertz CT molecular complexity index is 48.8. The molecule has 0 aromatic heterocycles. The molecule has 0 bridgehead atoms. The van der Waals surface area contributed by atoms with Crippen LogP contribution in [0.4, 0.5) is 0 Å². The van der Waals surface area contributed by atoms with Crippen LogP contribution in [-0.4, -0.2) is 35.4 Å². The molecule has 1 rings (SSSR count). The van der Waals surface area contributed by atoms with Crippen LogP contribution >= 0.6 is 11.8 Å². The number of nitrogens with zero attached hydrogens (tertiary/aromatic N) is 1. The van der Waals surface area contributed by atoms with E-state index in [1.807, 2.05) is 5.55 Å². The molecule has 0 unspecified atom stereocenters. The van der Waals surface area contributed by atoms with E-state index < -0.39 is 0 Å². The van der Waals surface area contributed by atoms with E-state index in [2.05, 4.69) is 4.99 Å². The van der Waals surface area contributed by atoms with E-state index in [-0.39, 0.29) is 17.6 Å². The quantitative estimate of drug-likeness (QED) is 0.431. The molecule has 0 saturated heterocycles. The topological polar surface area (TPSA) is 12.4 Å². The summed E-state index contributed by atoms with van der Waals surface area (Å²) in [7, 11) is 0. The number of aliphatic imine (C=N–C) groups is 1. The Morgan fingerprint density at radius 3 is 2.67 bits per heavy atom. The van der Waals surface area contributed by atoms with Crippen molar-refractivity contribution < 1.29 is 0 Å². The molecule has 0 atom stereocenters. The molecule has 0 saturated carbocycles. The summed E-state index contributed by atoms with van der Waals surface area (Å²) in [6.45, 7) is 1.03. The Morgan fingerprint density at radius 1 is 1.67 bits per heavy atom. The Labute approximate surface area is 52.6 Å². The van der Waals surface area contributed by atoms with Gasteiger partial charge in [-0.15, -0.1) is 11.8 Å². The minimum absolute atomic E-state index is 0. The van der Waals surface area contributed by atoms with Crippen molar-refractivity contribution in [3.63, 3.8) is 0 Å². The summed E-state index contributed by atoms with van der Waals surface area (Å²) >= 11 is 1.78. The number of rotatable bonds is 0.